The highest BCUT2D eigenvalue weighted by molar-refractivity contribution is 5.00. The first kappa shape index (κ1) is 14.3. The summed E-state index contributed by atoms with van der Waals surface area (Å²) in [5.74, 6) is 0. The monoisotopic (exact) mass is 255 g/mol. The van der Waals surface area contributed by atoms with Crippen molar-refractivity contribution in [2.45, 2.75) is 43.7 Å². The molecule has 2 heterocycles. The molecule has 2 aliphatic heterocycles. The van der Waals surface area contributed by atoms with Crippen molar-refractivity contribution in [3.05, 3.63) is 0 Å². The summed E-state index contributed by atoms with van der Waals surface area (Å²) in [4.78, 5) is 5.03. The summed E-state index contributed by atoms with van der Waals surface area (Å²) in [5.41, 5.74) is 6.38. The maximum Gasteiger partial charge on any atom is 0.0777 e. The molecule has 2 saturated heterocycles. The van der Waals surface area contributed by atoms with Crippen molar-refractivity contribution in [3.8, 4) is 0 Å². The Morgan fingerprint density at radius 2 is 1.83 bits per heavy atom. The van der Waals surface area contributed by atoms with Crippen LogP contribution in [-0.4, -0.2) is 67.8 Å². The van der Waals surface area contributed by atoms with E-state index < -0.39 is 0 Å². The molecule has 106 valence electrons. The Labute approximate surface area is 111 Å². The van der Waals surface area contributed by atoms with Crippen LogP contribution in [-0.2, 0) is 4.74 Å². The van der Waals surface area contributed by atoms with Gasteiger partial charge >= 0.3 is 0 Å². The summed E-state index contributed by atoms with van der Waals surface area (Å²) < 4.78 is 5.72. The lowest BCUT2D eigenvalue weighted by molar-refractivity contribution is -0.0903. The Hall–Kier alpha value is -0.160. The van der Waals surface area contributed by atoms with Gasteiger partial charge in [0.05, 0.1) is 5.60 Å². The third-order valence-corrected chi connectivity index (χ3v) is 5.12. The average molecular weight is 255 g/mol. The van der Waals surface area contributed by atoms with E-state index in [0.717, 1.165) is 26.2 Å². The average Bonchev–Trinajstić information content (AvgIpc) is 2.40. The van der Waals surface area contributed by atoms with Gasteiger partial charge in [-0.05, 0) is 59.3 Å². The van der Waals surface area contributed by atoms with Crippen molar-refractivity contribution in [3.63, 3.8) is 0 Å². The lowest BCUT2D eigenvalue weighted by Crippen LogP contribution is -2.63. The van der Waals surface area contributed by atoms with Gasteiger partial charge in [-0.3, -0.25) is 4.90 Å². The van der Waals surface area contributed by atoms with Crippen LogP contribution in [0.3, 0.4) is 0 Å². The van der Waals surface area contributed by atoms with Crippen LogP contribution < -0.4 is 5.73 Å². The first-order valence-electron chi connectivity index (χ1n) is 7.22. The zero-order valence-corrected chi connectivity index (χ0v) is 12.2. The standard InChI is InChI=1S/C14H29N3O/c1-13(18-3)5-4-8-17(12-13)14(11-15)6-9-16(2)10-7-14/h4-12,15H2,1-3H3. The van der Waals surface area contributed by atoms with Crippen molar-refractivity contribution in [1.82, 2.24) is 9.80 Å². The summed E-state index contributed by atoms with van der Waals surface area (Å²) in [6, 6.07) is 0. The number of nitrogens with two attached hydrogens (primary N) is 1. The van der Waals surface area contributed by atoms with Gasteiger partial charge in [0.1, 0.15) is 0 Å². The number of hydrogen-bond donors (Lipinski definition) is 1. The molecule has 2 aliphatic rings. The predicted octanol–water partition coefficient (Wildman–Crippen LogP) is 0.910. The highest BCUT2D eigenvalue weighted by Crippen LogP contribution is 2.34. The van der Waals surface area contributed by atoms with Gasteiger partial charge in [-0.25, -0.2) is 0 Å². The van der Waals surface area contributed by atoms with E-state index in [1.54, 1.807) is 0 Å². The summed E-state index contributed by atoms with van der Waals surface area (Å²) in [6.45, 7) is 7.55. The van der Waals surface area contributed by atoms with Gasteiger partial charge in [0, 0.05) is 25.7 Å². The molecular weight excluding hydrogens is 226 g/mol. The number of methoxy groups -OCH3 is 1. The summed E-state index contributed by atoms with van der Waals surface area (Å²) in [7, 11) is 4.04. The van der Waals surface area contributed by atoms with Crippen molar-refractivity contribution in [2.24, 2.45) is 5.73 Å². The topological polar surface area (TPSA) is 41.7 Å². The molecule has 0 aromatic heterocycles. The Morgan fingerprint density at radius 3 is 2.39 bits per heavy atom. The third kappa shape index (κ3) is 2.72. The second-order valence-electron chi connectivity index (χ2n) is 6.41. The van der Waals surface area contributed by atoms with Crippen LogP contribution in [0.1, 0.15) is 32.6 Å². The van der Waals surface area contributed by atoms with Gasteiger partial charge in [0.15, 0.2) is 0 Å². The number of piperidine rings is 2. The second kappa shape index (κ2) is 5.45. The number of hydrogen-bond acceptors (Lipinski definition) is 4. The van der Waals surface area contributed by atoms with E-state index in [9.17, 15) is 0 Å². The molecule has 2 rings (SSSR count). The van der Waals surface area contributed by atoms with Gasteiger partial charge in [-0.2, -0.15) is 0 Å². The molecule has 2 N–H and O–H groups in total. The van der Waals surface area contributed by atoms with E-state index in [-0.39, 0.29) is 11.1 Å². The van der Waals surface area contributed by atoms with Crippen molar-refractivity contribution < 1.29 is 4.74 Å². The van der Waals surface area contributed by atoms with E-state index in [2.05, 4.69) is 23.8 Å². The summed E-state index contributed by atoms with van der Waals surface area (Å²) >= 11 is 0. The van der Waals surface area contributed by atoms with Crippen LogP contribution in [0.2, 0.25) is 0 Å². The Kier molecular flexibility index (Phi) is 4.32. The maximum absolute atomic E-state index is 6.14. The minimum absolute atomic E-state index is 0.0176. The van der Waals surface area contributed by atoms with E-state index >= 15 is 0 Å². The van der Waals surface area contributed by atoms with Gasteiger partial charge in [-0.15, -0.1) is 0 Å². The molecule has 0 radical (unpaired) electrons. The molecule has 4 nitrogen and oxygen atoms in total. The zero-order valence-electron chi connectivity index (χ0n) is 12.2. The number of nitrogens with zero attached hydrogens (tertiary/aromatic N) is 2. The molecule has 2 fully saturated rings. The quantitative estimate of drug-likeness (QED) is 0.814. The fourth-order valence-electron chi connectivity index (χ4n) is 3.46. The van der Waals surface area contributed by atoms with Gasteiger partial charge in [0.2, 0.25) is 0 Å². The first-order valence-corrected chi connectivity index (χ1v) is 7.22. The minimum atomic E-state index is 0.0176. The smallest absolute Gasteiger partial charge is 0.0777 e. The number of ether oxygens (including phenoxy) is 1. The maximum atomic E-state index is 6.14. The van der Waals surface area contributed by atoms with Crippen LogP contribution in [0, 0.1) is 0 Å². The van der Waals surface area contributed by atoms with Crippen molar-refractivity contribution in [1.29, 1.82) is 0 Å². The van der Waals surface area contributed by atoms with Crippen LogP contribution in [0.15, 0.2) is 0 Å². The molecule has 1 atom stereocenters. The molecule has 0 aliphatic carbocycles. The largest absolute Gasteiger partial charge is 0.377 e. The molecule has 0 amide bonds. The number of rotatable bonds is 3. The van der Waals surface area contributed by atoms with Crippen molar-refractivity contribution in [2.75, 3.05) is 46.9 Å². The fraction of sp³-hybridized carbons (Fsp3) is 1.00. The molecule has 0 spiro atoms. The molecule has 0 aromatic carbocycles. The van der Waals surface area contributed by atoms with E-state index in [0.29, 0.717) is 0 Å². The van der Waals surface area contributed by atoms with E-state index in [1.807, 2.05) is 7.11 Å². The Balaban J connectivity index is 2.08. The van der Waals surface area contributed by atoms with Crippen LogP contribution in [0.25, 0.3) is 0 Å². The molecule has 1 unspecified atom stereocenters. The second-order valence-corrected chi connectivity index (χ2v) is 6.41. The third-order valence-electron chi connectivity index (χ3n) is 5.12. The van der Waals surface area contributed by atoms with E-state index in [4.69, 9.17) is 10.5 Å². The zero-order chi connectivity index (χ0) is 13.2. The minimum Gasteiger partial charge on any atom is -0.377 e. The molecule has 0 aromatic rings. The van der Waals surface area contributed by atoms with E-state index in [1.165, 1.54) is 32.2 Å². The van der Waals surface area contributed by atoms with Crippen LogP contribution in [0.4, 0.5) is 0 Å². The molecular formula is C14H29N3O. The summed E-state index contributed by atoms with van der Waals surface area (Å²) in [5, 5.41) is 0. The van der Waals surface area contributed by atoms with Crippen LogP contribution >= 0.6 is 0 Å². The fourth-order valence-corrected chi connectivity index (χ4v) is 3.46. The van der Waals surface area contributed by atoms with Gasteiger partial charge in [0.25, 0.3) is 0 Å². The van der Waals surface area contributed by atoms with Gasteiger partial charge in [-0.1, -0.05) is 0 Å². The normalized spacial score (nSPS) is 34.7. The molecule has 0 saturated carbocycles. The van der Waals surface area contributed by atoms with Crippen molar-refractivity contribution >= 4 is 0 Å². The molecule has 0 bridgehead atoms. The SMILES string of the molecule is COC1(C)CCCN(C2(CN)CCN(C)CC2)C1. The number of likely N-dealkylation sites (tertiary alicyclic amines) is 2. The predicted molar refractivity (Wildman–Crippen MR) is 74.7 cm³/mol. The highest BCUT2D eigenvalue weighted by atomic mass is 16.5. The molecule has 4 heteroatoms. The Bertz CT molecular complexity index is 276. The molecule has 18 heavy (non-hydrogen) atoms. The van der Waals surface area contributed by atoms with Crippen LogP contribution in [0.5, 0.6) is 0 Å². The lowest BCUT2D eigenvalue weighted by atomic mass is 9.82. The highest BCUT2D eigenvalue weighted by Gasteiger charge is 2.43. The first-order chi connectivity index (χ1) is 8.53. The van der Waals surface area contributed by atoms with Gasteiger partial charge < -0.3 is 15.4 Å². The summed E-state index contributed by atoms with van der Waals surface area (Å²) in [6.07, 6.45) is 4.78. The Morgan fingerprint density at radius 1 is 1.17 bits per heavy atom. The lowest BCUT2D eigenvalue weighted by Gasteiger charge is -2.52.